The Hall–Kier alpha value is -1.83. The largest absolute Gasteiger partial charge is 0.320 e. The second-order valence-electron chi connectivity index (χ2n) is 3.88. The lowest BCUT2D eigenvalue weighted by Crippen LogP contribution is -2.13. The normalized spacial score (nSPS) is 9.95. The zero-order valence-electron chi connectivity index (χ0n) is 10.2. The molecule has 5 heteroatoms. The van der Waals surface area contributed by atoms with Gasteiger partial charge in [-0.1, -0.05) is 18.5 Å². The van der Waals surface area contributed by atoms with E-state index in [2.05, 4.69) is 5.32 Å². The van der Waals surface area contributed by atoms with E-state index in [9.17, 15) is 4.79 Å². The lowest BCUT2D eigenvalue weighted by molar-refractivity contribution is 0.103. The molecule has 0 aliphatic heterocycles. The van der Waals surface area contributed by atoms with Crippen molar-refractivity contribution in [3.05, 3.63) is 50.7 Å². The summed E-state index contributed by atoms with van der Waals surface area (Å²) in [6.45, 7) is 2.00. The first-order chi connectivity index (χ1) is 9.15. The van der Waals surface area contributed by atoms with Crippen LogP contribution in [0.2, 0.25) is 5.02 Å². The molecule has 0 bridgehead atoms. The Kier molecular flexibility index (Phi) is 4.20. The minimum Gasteiger partial charge on any atom is -0.320 e. The highest BCUT2D eigenvalue weighted by Crippen LogP contribution is 2.23. The summed E-state index contributed by atoms with van der Waals surface area (Å²) in [5.41, 5.74) is 1.84. The molecule has 96 valence electrons. The SMILES string of the molecule is CCc1ccsc1C(=O)Nc1cc(Cl)ccc1C#N. The van der Waals surface area contributed by atoms with Gasteiger partial charge in [-0.05, 0) is 41.6 Å². The Labute approximate surface area is 120 Å². The quantitative estimate of drug-likeness (QED) is 0.925. The first-order valence-corrected chi connectivity index (χ1v) is 6.98. The molecule has 1 amide bonds. The molecular weight excluding hydrogens is 280 g/mol. The third kappa shape index (κ3) is 2.95. The van der Waals surface area contributed by atoms with Crippen molar-refractivity contribution in [3.63, 3.8) is 0 Å². The highest BCUT2D eigenvalue weighted by Gasteiger charge is 2.14. The van der Waals surface area contributed by atoms with Crippen LogP contribution in [0, 0.1) is 11.3 Å². The molecule has 0 unspecified atom stereocenters. The molecule has 1 heterocycles. The molecule has 0 saturated carbocycles. The fraction of sp³-hybridized carbons (Fsp3) is 0.143. The molecule has 0 aliphatic carbocycles. The van der Waals surface area contributed by atoms with Gasteiger partial charge in [-0.2, -0.15) is 5.26 Å². The minimum absolute atomic E-state index is 0.203. The van der Waals surface area contributed by atoms with E-state index < -0.39 is 0 Å². The smallest absolute Gasteiger partial charge is 0.266 e. The summed E-state index contributed by atoms with van der Waals surface area (Å²) >= 11 is 7.27. The summed E-state index contributed by atoms with van der Waals surface area (Å²) in [4.78, 5) is 12.9. The Morgan fingerprint density at radius 3 is 2.95 bits per heavy atom. The molecule has 1 N–H and O–H groups in total. The maximum atomic E-state index is 12.2. The van der Waals surface area contributed by atoms with Crippen molar-refractivity contribution in [1.82, 2.24) is 0 Å². The van der Waals surface area contributed by atoms with Gasteiger partial charge in [0.05, 0.1) is 16.1 Å². The number of hydrogen-bond acceptors (Lipinski definition) is 3. The summed E-state index contributed by atoms with van der Waals surface area (Å²) < 4.78 is 0. The van der Waals surface area contributed by atoms with Crippen molar-refractivity contribution in [3.8, 4) is 6.07 Å². The fourth-order valence-electron chi connectivity index (χ4n) is 1.71. The van der Waals surface area contributed by atoms with E-state index in [0.29, 0.717) is 21.2 Å². The molecule has 19 heavy (non-hydrogen) atoms. The van der Waals surface area contributed by atoms with E-state index in [1.165, 1.54) is 11.3 Å². The van der Waals surface area contributed by atoms with Gasteiger partial charge in [0.1, 0.15) is 6.07 Å². The molecule has 0 aliphatic rings. The molecule has 1 aromatic heterocycles. The highest BCUT2D eigenvalue weighted by atomic mass is 35.5. The summed E-state index contributed by atoms with van der Waals surface area (Å²) in [6.07, 6.45) is 0.799. The summed E-state index contributed by atoms with van der Waals surface area (Å²) in [5, 5.41) is 14.1. The van der Waals surface area contributed by atoms with Crippen LogP contribution in [0.25, 0.3) is 0 Å². The van der Waals surface area contributed by atoms with E-state index in [1.807, 2.05) is 24.4 Å². The van der Waals surface area contributed by atoms with Crippen LogP contribution in [-0.2, 0) is 6.42 Å². The van der Waals surface area contributed by atoms with Crippen molar-refractivity contribution in [2.45, 2.75) is 13.3 Å². The average Bonchev–Trinajstić information content (AvgIpc) is 2.87. The minimum atomic E-state index is -0.203. The number of halogens is 1. The topological polar surface area (TPSA) is 52.9 Å². The Morgan fingerprint density at radius 2 is 2.26 bits per heavy atom. The number of carbonyl (C=O) groups is 1. The molecule has 0 spiro atoms. The zero-order valence-corrected chi connectivity index (χ0v) is 11.8. The van der Waals surface area contributed by atoms with Gasteiger partial charge in [0.15, 0.2) is 0 Å². The van der Waals surface area contributed by atoms with Gasteiger partial charge in [-0.15, -0.1) is 11.3 Å². The number of nitriles is 1. The lowest BCUT2D eigenvalue weighted by atomic mass is 10.1. The highest BCUT2D eigenvalue weighted by molar-refractivity contribution is 7.12. The average molecular weight is 291 g/mol. The molecule has 0 fully saturated rings. The van der Waals surface area contributed by atoms with Crippen LogP contribution >= 0.6 is 22.9 Å². The predicted molar refractivity (Wildman–Crippen MR) is 77.8 cm³/mol. The fourth-order valence-corrected chi connectivity index (χ4v) is 2.77. The second kappa shape index (κ2) is 5.87. The van der Waals surface area contributed by atoms with Crippen molar-refractivity contribution in [2.24, 2.45) is 0 Å². The Morgan fingerprint density at radius 1 is 1.47 bits per heavy atom. The summed E-state index contributed by atoms with van der Waals surface area (Å²) in [7, 11) is 0. The van der Waals surface area contributed by atoms with E-state index in [0.717, 1.165) is 12.0 Å². The van der Waals surface area contributed by atoms with Crippen LogP contribution in [0.3, 0.4) is 0 Å². The van der Waals surface area contributed by atoms with Crippen molar-refractivity contribution in [1.29, 1.82) is 5.26 Å². The standard InChI is InChI=1S/C14H11ClN2OS/c1-2-9-5-6-19-13(9)14(18)17-12-7-11(15)4-3-10(12)8-16/h3-7H,2H2,1H3,(H,17,18). The van der Waals surface area contributed by atoms with Crippen LogP contribution < -0.4 is 5.32 Å². The van der Waals surface area contributed by atoms with Gasteiger partial charge >= 0.3 is 0 Å². The Bertz CT molecular complexity index is 658. The van der Waals surface area contributed by atoms with Crippen molar-refractivity contribution >= 4 is 34.5 Å². The van der Waals surface area contributed by atoms with Crippen LogP contribution in [0.1, 0.15) is 27.7 Å². The number of hydrogen-bond donors (Lipinski definition) is 1. The molecule has 2 rings (SSSR count). The van der Waals surface area contributed by atoms with E-state index in [4.69, 9.17) is 16.9 Å². The number of carbonyl (C=O) groups excluding carboxylic acids is 1. The monoisotopic (exact) mass is 290 g/mol. The predicted octanol–water partition coefficient (Wildman–Crippen LogP) is 4.09. The maximum absolute atomic E-state index is 12.2. The summed E-state index contributed by atoms with van der Waals surface area (Å²) in [6, 6.07) is 8.76. The molecule has 0 radical (unpaired) electrons. The van der Waals surface area contributed by atoms with E-state index in [1.54, 1.807) is 18.2 Å². The number of aryl methyl sites for hydroxylation is 1. The first kappa shape index (κ1) is 13.6. The summed E-state index contributed by atoms with van der Waals surface area (Å²) in [5.74, 6) is -0.203. The Balaban J connectivity index is 2.29. The van der Waals surface area contributed by atoms with Gasteiger partial charge in [-0.25, -0.2) is 0 Å². The van der Waals surface area contributed by atoms with Gasteiger partial charge in [0.25, 0.3) is 5.91 Å². The number of rotatable bonds is 3. The van der Waals surface area contributed by atoms with Gasteiger partial charge < -0.3 is 5.32 Å². The molecule has 1 aromatic carbocycles. The number of benzene rings is 1. The molecule has 3 nitrogen and oxygen atoms in total. The number of thiophene rings is 1. The van der Waals surface area contributed by atoms with E-state index in [-0.39, 0.29) is 5.91 Å². The number of nitrogens with one attached hydrogen (secondary N) is 1. The van der Waals surface area contributed by atoms with Crippen molar-refractivity contribution in [2.75, 3.05) is 5.32 Å². The first-order valence-electron chi connectivity index (χ1n) is 5.73. The van der Waals surface area contributed by atoms with Crippen LogP contribution in [0.15, 0.2) is 29.6 Å². The van der Waals surface area contributed by atoms with Gasteiger partial charge in [0, 0.05) is 5.02 Å². The van der Waals surface area contributed by atoms with E-state index >= 15 is 0 Å². The van der Waals surface area contributed by atoms with Crippen LogP contribution in [0.4, 0.5) is 5.69 Å². The number of amides is 1. The molecule has 0 atom stereocenters. The number of anilines is 1. The van der Waals surface area contributed by atoms with Crippen molar-refractivity contribution < 1.29 is 4.79 Å². The molecule has 0 saturated heterocycles. The molecular formula is C14H11ClN2OS. The van der Waals surface area contributed by atoms with Gasteiger partial charge in [-0.3, -0.25) is 4.79 Å². The van der Waals surface area contributed by atoms with Crippen LogP contribution in [0.5, 0.6) is 0 Å². The third-order valence-electron chi connectivity index (χ3n) is 2.68. The maximum Gasteiger partial charge on any atom is 0.266 e. The molecule has 2 aromatic rings. The van der Waals surface area contributed by atoms with Crippen LogP contribution in [-0.4, -0.2) is 5.91 Å². The number of nitrogens with zero attached hydrogens (tertiary/aromatic N) is 1. The zero-order chi connectivity index (χ0) is 13.8. The van der Waals surface area contributed by atoms with Gasteiger partial charge in [0.2, 0.25) is 0 Å². The third-order valence-corrected chi connectivity index (χ3v) is 3.87. The second-order valence-corrected chi connectivity index (χ2v) is 5.24. The lowest BCUT2D eigenvalue weighted by Gasteiger charge is -2.07.